The Morgan fingerprint density at radius 2 is 1.91 bits per heavy atom. The molecule has 0 atom stereocenters. The van der Waals surface area contributed by atoms with E-state index in [1.54, 1.807) is 30.2 Å². The summed E-state index contributed by atoms with van der Waals surface area (Å²) in [7, 11) is 1.69. The lowest BCUT2D eigenvalue weighted by Gasteiger charge is -2.03. The van der Waals surface area contributed by atoms with E-state index in [9.17, 15) is 0 Å². The van der Waals surface area contributed by atoms with Crippen LogP contribution in [0.3, 0.4) is 0 Å². The lowest BCUT2D eigenvalue weighted by Crippen LogP contribution is -1.92. The molecule has 0 amide bonds. The molecular formula is C17H15N3OS2. The van der Waals surface area contributed by atoms with Crippen molar-refractivity contribution in [2.75, 3.05) is 12.9 Å². The van der Waals surface area contributed by atoms with E-state index in [1.165, 1.54) is 15.8 Å². The fraction of sp³-hybridized carbons (Fsp3) is 0.176. The minimum atomic E-state index is 0.894. The van der Waals surface area contributed by atoms with Gasteiger partial charge < -0.3 is 4.74 Å². The number of aromatic nitrogens is 3. The van der Waals surface area contributed by atoms with E-state index in [0.717, 1.165) is 28.0 Å². The molecule has 0 aliphatic rings. The molecule has 0 radical (unpaired) electrons. The number of rotatable bonds is 5. The zero-order valence-electron chi connectivity index (χ0n) is 12.6. The molecule has 116 valence electrons. The number of benzene rings is 2. The van der Waals surface area contributed by atoms with Gasteiger partial charge in [0.25, 0.3) is 0 Å². The molecule has 0 spiro atoms. The van der Waals surface area contributed by atoms with Crippen LogP contribution >= 0.6 is 23.1 Å². The average molecular weight is 341 g/mol. The Kier molecular flexibility index (Phi) is 3.93. The second kappa shape index (κ2) is 6.22. The smallest absolute Gasteiger partial charge is 0.217 e. The summed E-state index contributed by atoms with van der Waals surface area (Å²) in [6, 6.07) is 16.6. The molecule has 0 fully saturated rings. The first kappa shape index (κ1) is 14.5. The van der Waals surface area contributed by atoms with Crippen molar-refractivity contribution in [1.29, 1.82) is 0 Å². The number of aryl methyl sites for hydroxylation is 1. The number of fused-ring (bicyclic) bond motifs is 3. The molecular weight excluding hydrogens is 326 g/mol. The molecule has 0 saturated heterocycles. The number of ether oxygens (including phenoxy) is 1. The summed E-state index contributed by atoms with van der Waals surface area (Å²) in [4.78, 5) is 0.957. The van der Waals surface area contributed by atoms with Crippen molar-refractivity contribution in [2.24, 2.45) is 0 Å². The maximum Gasteiger partial charge on any atom is 0.217 e. The fourth-order valence-corrected chi connectivity index (χ4v) is 4.46. The standard InChI is InChI=1S/C17H15N3OS2/c1-21-13-8-6-12(7-9-13)10-11-22-16-18-19-17-20(16)14-4-2-3-5-15(14)23-17/h2-9H,10-11H2,1H3. The highest BCUT2D eigenvalue weighted by molar-refractivity contribution is 7.99. The molecule has 4 nitrogen and oxygen atoms in total. The van der Waals surface area contributed by atoms with Crippen LogP contribution in [-0.2, 0) is 6.42 Å². The minimum Gasteiger partial charge on any atom is -0.497 e. The maximum absolute atomic E-state index is 5.19. The molecule has 0 unspecified atom stereocenters. The van der Waals surface area contributed by atoms with E-state index in [0.29, 0.717) is 0 Å². The first-order valence-electron chi connectivity index (χ1n) is 7.33. The number of thioether (sulfide) groups is 1. The van der Waals surface area contributed by atoms with Crippen molar-refractivity contribution in [3.63, 3.8) is 0 Å². The molecule has 0 aliphatic carbocycles. The second-order valence-corrected chi connectivity index (χ2v) is 7.19. The quantitative estimate of drug-likeness (QED) is 0.508. The fourth-order valence-electron chi connectivity index (χ4n) is 2.50. The third-order valence-corrected chi connectivity index (χ3v) is 5.63. The zero-order valence-corrected chi connectivity index (χ0v) is 14.2. The largest absolute Gasteiger partial charge is 0.497 e. The molecule has 0 bridgehead atoms. The number of nitrogens with zero attached hydrogens (tertiary/aromatic N) is 3. The predicted molar refractivity (Wildman–Crippen MR) is 95.8 cm³/mol. The van der Waals surface area contributed by atoms with Crippen LogP contribution in [0.2, 0.25) is 0 Å². The highest BCUT2D eigenvalue weighted by Gasteiger charge is 2.12. The molecule has 6 heteroatoms. The van der Waals surface area contributed by atoms with Gasteiger partial charge in [-0.3, -0.25) is 4.40 Å². The zero-order chi connectivity index (χ0) is 15.6. The van der Waals surface area contributed by atoms with E-state index in [1.807, 2.05) is 12.1 Å². The Morgan fingerprint density at radius 1 is 1.09 bits per heavy atom. The molecule has 4 rings (SSSR count). The van der Waals surface area contributed by atoms with Gasteiger partial charge in [0.1, 0.15) is 5.75 Å². The van der Waals surface area contributed by atoms with Crippen molar-refractivity contribution in [1.82, 2.24) is 14.6 Å². The number of methoxy groups -OCH3 is 1. The molecule has 0 saturated carbocycles. The Morgan fingerprint density at radius 3 is 2.74 bits per heavy atom. The van der Waals surface area contributed by atoms with E-state index in [-0.39, 0.29) is 0 Å². The molecule has 2 aromatic carbocycles. The Bertz CT molecular complexity index is 943. The topological polar surface area (TPSA) is 39.4 Å². The monoisotopic (exact) mass is 341 g/mol. The van der Waals surface area contributed by atoms with Crippen LogP contribution in [0, 0.1) is 0 Å². The van der Waals surface area contributed by atoms with Gasteiger partial charge in [0.05, 0.1) is 17.3 Å². The molecule has 0 aliphatic heterocycles. The molecule has 0 N–H and O–H groups in total. The molecule has 4 aromatic rings. The van der Waals surface area contributed by atoms with Crippen molar-refractivity contribution < 1.29 is 4.74 Å². The molecule has 23 heavy (non-hydrogen) atoms. The molecule has 2 aromatic heterocycles. The minimum absolute atomic E-state index is 0.894. The predicted octanol–water partition coefficient (Wildman–Crippen LogP) is 4.29. The van der Waals surface area contributed by atoms with Gasteiger partial charge in [-0.15, -0.1) is 10.2 Å². The first-order chi connectivity index (χ1) is 11.3. The summed E-state index contributed by atoms with van der Waals surface area (Å²) in [5, 5.41) is 9.59. The van der Waals surface area contributed by atoms with Crippen molar-refractivity contribution in [2.45, 2.75) is 11.6 Å². The van der Waals surface area contributed by atoms with Gasteiger partial charge in [0, 0.05) is 5.75 Å². The lowest BCUT2D eigenvalue weighted by atomic mass is 10.2. The highest BCUT2D eigenvalue weighted by Crippen LogP contribution is 2.29. The number of thiazole rings is 1. The lowest BCUT2D eigenvalue weighted by molar-refractivity contribution is 0.414. The van der Waals surface area contributed by atoms with Crippen molar-refractivity contribution in [3.8, 4) is 5.75 Å². The van der Waals surface area contributed by atoms with Crippen molar-refractivity contribution >= 4 is 38.3 Å². The van der Waals surface area contributed by atoms with Gasteiger partial charge in [-0.1, -0.05) is 47.4 Å². The molecule has 2 heterocycles. The Hall–Kier alpha value is -2.05. The summed E-state index contributed by atoms with van der Waals surface area (Å²) in [6.07, 6.45) is 0.992. The SMILES string of the molecule is COc1ccc(CCSc2nnc3sc4ccccc4n23)cc1. The van der Waals surface area contributed by atoms with Crippen LogP contribution in [0.4, 0.5) is 0 Å². The third kappa shape index (κ3) is 2.80. The van der Waals surface area contributed by atoms with Crippen LogP contribution < -0.4 is 4.74 Å². The van der Waals surface area contributed by atoms with E-state index in [2.05, 4.69) is 51.0 Å². The normalized spacial score (nSPS) is 11.3. The van der Waals surface area contributed by atoms with E-state index >= 15 is 0 Å². The highest BCUT2D eigenvalue weighted by atomic mass is 32.2. The van der Waals surface area contributed by atoms with Crippen LogP contribution in [-0.4, -0.2) is 27.5 Å². The Balaban J connectivity index is 1.51. The average Bonchev–Trinajstić information content (AvgIpc) is 3.15. The number of hydrogen-bond acceptors (Lipinski definition) is 5. The first-order valence-corrected chi connectivity index (χ1v) is 9.14. The number of para-hydroxylation sites is 1. The van der Waals surface area contributed by atoms with Crippen LogP contribution in [0.25, 0.3) is 15.2 Å². The van der Waals surface area contributed by atoms with Crippen LogP contribution in [0.5, 0.6) is 5.75 Å². The second-order valence-electron chi connectivity index (χ2n) is 5.12. The van der Waals surface area contributed by atoms with Gasteiger partial charge >= 0.3 is 0 Å². The van der Waals surface area contributed by atoms with Crippen LogP contribution in [0.15, 0.2) is 53.7 Å². The van der Waals surface area contributed by atoms with Crippen LogP contribution in [0.1, 0.15) is 5.56 Å². The summed E-state index contributed by atoms with van der Waals surface area (Å²) in [5.41, 5.74) is 2.48. The van der Waals surface area contributed by atoms with Gasteiger partial charge in [-0.25, -0.2) is 0 Å². The van der Waals surface area contributed by atoms with Gasteiger partial charge in [-0.2, -0.15) is 0 Å². The third-order valence-electron chi connectivity index (χ3n) is 3.69. The summed E-state index contributed by atoms with van der Waals surface area (Å²) >= 11 is 3.42. The summed E-state index contributed by atoms with van der Waals surface area (Å²) in [6.45, 7) is 0. The number of hydrogen-bond donors (Lipinski definition) is 0. The van der Waals surface area contributed by atoms with Gasteiger partial charge in [0.15, 0.2) is 5.16 Å². The van der Waals surface area contributed by atoms with E-state index in [4.69, 9.17) is 4.74 Å². The maximum atomic E-state index is 5.19. The summed E-state index contributed by atoms with van der Waals surface area (Å²) < 4.78 is 8.58. The van der Waals surface area contributed by atoms with Crippen molar-refractivity contribution in [3.05, 3.63) is 54.1 Å². The summed E-state index contributed by atoms with van der Waals surface area (Å²) in [5.74, 6) is 1.86. The van der Waals surface area contributed by atoms with E-state index < -0.39 is 0 Å². The van der Waals surface area contributed by atoms with Gasteiger partial charge in [0.2, 0.25) is 4.96 Å². The van der Waals surface area contributed by atoms with Gasteiger partial charge in [-0.05, 0) is 36.2 Å². The Labute approximate surface area is 142 Å².